The van der Waals surface area contributed by atoms with Crippen molar-refractivity contribution in [2.45, 2.75) is 12.7 Å². The summed E-state index contributed by atoms with van der Waals surface area (Å²) in [5.41, 5.74) is -0.680. The molecule has 0 amide bonds. The van der Waals surface area contributed by atoms with Crippen molar-refractivity contribution >= 4 is 40.1 Å². The number of aromatic nitrogens is 1. The lowest BCUT2D eigenvalue weighted by molar-refractivity contribution is -0.268. The molecule has 3 rings (SSSR count). The van der Waals surface area contributed by atoms with Crippen molar-refractivity contribution in [3.63, 3.8) is 0 Å². The molecule has 1 N–H and O–H groups in total. The summed E-state index contributed by atoms with van der Waals surface area (Å²) < 4.78 is 40.4. The van der Waals surface area contributed by atoms with E-state index in [4.69, 9.17) is 23.2 Å². The Morgan fingerprint density at radius 2 is 1.85 bits per heavy atom. The standard InChI is InChI=1S/C17H10Cl2F3NO3/c18-11-2-1-8(5-10(11)17(20,21)22)7-23-12-3-4-14(24)15(19)9(12)6-13(23)16(25)26/h1-6,24H,7H2,(H,25,26)/p-1. The van der Waals surface area contributed by atoms with Crippen LogP contribution in [-0.2, 0) is 12.7 Å². The lowest BCUT2D eigenvalue weighted by atomic mass is 10.1. The van der Waals surface area contributed by atoms with Gasteiger partial charge in [-0.05, 0) is 29.8 Å². The molecule has 0 unspecified atom stereocenters. The van der Waals surface area contributed by atoms with Crippen LogP contribution in [-0.4, -0.2) is 15.6 Å². The molecule has 4 nitrogen and oxygen atoms in total. The third-order valence-corrected chi connectivity index (χ3v) is 4.60. The van der Waals surface area contributed by atoms with Crippen molar-refractivity contribution in [3.8, 4) is 5.75 Å². The fourth-order valence-corrected chi connectivity index (χ4v) is 3.14. The average molecular weight is 403 g/mol. The number of fused-ring (bicyclic) bond motifs is 1. The van der Waals surface area contributed by atoms with Crippen LogP contribution in [0.25, 0.3) is 10.9 Å². The summed E-state index contributed by atoms with van der Waals surface area (Å²) in [6.45, 7) is -0.167. The first-order valence-corrected chi connectivity index (χ1v) is 7.93. The molecule has 1 heterocycles. The van der Waals surface area contributed by atoms with Crippen molar-refractivity contribution in [1.29, 1.82) is 0 Å². The van der Waals surface area contributed by atoms with Crippen molar-refractivity contribution in [1.82, 2.24) is 4.57 Å². The van der Waals surface area contributed by atoms with E-state index in [-0.39, 0.29) is 28.2 Å². The highest BCUT2D eigenvalue weighted by Crippen LogP contribution is 2.36. The number of aromatic carboxylic acids is 1. The summed E-state index contributed by atoms with van der Waals surface area (Å²) in [6.07, 6.45) is -4.64. The Balaban J connectivity index is 2.16. The predicted octanol–water partition coefficient (Wildman–Crippen LogP) is 4.79. The predicted molar refractivity (Wildman–Crippen MR) is 88.9 cm³/mol. The first-order valence-electron chi connectivity index (χ1n) is 7.17. The zero-order valence-electron chi connectivity index (χ0n) is 12.8. The summed E-state index contributed by atoms with van der Waals surface area (Å²) >= 11 is 11.5. The van der Waals surface area contributed by atoms with E-state index in [1.165, 1.54) is 28.8 Å². The fourth-order valence-electron chi connectivity index (χ4n) is 2.70. The second-order valence-corrected chi connectivity index (χ2v) is 6.33. The lowest BCUT2D eigenvalue weighted by Crippen LogP contribution is -2.11. The van der Waals surface area contributed by atoms with Gasteiger partial charge in [0.05, 0.1) is 16.1 Å². The van der Waals surface area contributed by atoms with Crippen molar-refractivity contribution in [2.75, 3.05) is 0 Å². The number of carboxylic acids is 1. The molecule has 0 atom stereocenters. The summed E-state index contributed by atoms with van der Waals surface area (Å²) in [7, 11) is 0. The number of benzene rings is 2. The number of hydrogen-bond donors (Lipinski definition) is 1. The van der Waals surface area contributed by atoms with Gasteiger partial charge in [-0.1, -0.05) is 41.1 Å². The summed E-state index contributed by atoms with van der Waals surface area (Å²) in [4.78, 5) is 11.5. The van der Waals surface area contributed by atoms with Gasteiger partial charge in [-0.3, -0.25) is 0 Å². The smallest absolute Gasteiger partial charge is 0.417 e. The van der Waals surface area contributed by atoms with Crippen LogP contribution in [0.3, 0.4) is 0 Å². The van der Waals surface area contributed by atoms with E-state index >= 15 is 0 Å². The van der Waals surface area contributed by atoms with E-state index < -0.39 is 28.5 Å². The van der Waals surface area contributed by atoms with Gasteiger partial charge in [0.15, 0.2) is 0 Å². The summed E-state index contributed by atoms with van der Waals surface area (Å²) in [5, 5.41) is 20.7. The van der Waals surface area contributed by atoms with Crippen LogP contribution >= 0.6 is 23.2 Å². The van der Waals surface area contributed by atoms with Crippen LogP contribution in [0.1, 0.15) is 21.6 Å². The quantitative estimate of drug-likeness (QED) is 0.684. The van der Waals surface area contributed by atoms with Crippen molar-refractivity contribution in [2.24, 2.45) is 0 Å². The van der Waals surface area contributed by atoms with Crippen LogP contribution in [0.2, 0.25) is 10.0 Å². The molecular weight excluding hydrogens is 394 g/mol. The molecule has 0 fully saturated rings. The molecule has 2 aromatic carbocycles. The van der Waals surface area contributed by atoms with Gasteiger partial charge in [0.2, 0.25) is 0 Å². The van der Waals surface area contributed by atoms with Crippen molar-refractivity contribution < 1.29 is 28.2 Å². The molecule has 26 heavy (non-hydrogen) atoms. The number of rotatable bonds is 3. The first kappa shape index (κ1) is 18.4. The van der Waals surface area contributed by atoms with E-state index in [1.54, 1.807) is 0 Å². The van der Waals surface area contributed by atoms with Gasteiger partial charge in [0.25, 0.3) is 0 Å². The highest BCUT2D eigenvalue weighted by molar-refractivity contribution is 6.37. The fraction of sp³-hybridized carbons (Fsp3) is 0.118. The third-order valence-electron chi connectivity index (χ3n) is 3.88. The lowest BCUT2D eigenvalue weighted by Gasteiger charge is -2.14. The number of halogens is 5. The molecule has 3 aromatic rings. The van der Waals surface area contributed by atoms with Crippen LogP contribution in [0.15, 0.2) is 36.4 Å². The van der Waals surface area contributed by atoms with Gasteiger partial charge >= 0.3 is 12.1 Å². The minimum absolute atomic E-state index is 0.143. The topological polar surface area (TPSA) is 65.3 Å². The minimum atomic E-state index is -4.64. The van der Waals surface area contributed by atoms with Gasteiger partial charge < -0.3 is 14.8 Å². The Morgan fingerprint density at radius 1 is 1.15 bits per heavy atom. The van der Waals surface area contributed by atoms with Crippen LogP contribution in [0.4, 0.5) is 13.2 Å². The Labute approximate surface area is 155 Å². The normalized spacial score (nSPS) is 11.9. The SMILES string of the molecule is O=C(O)c1cc2c(Cl)c([O-])ccc2n1Cc1ccc(Cl)c(C(F)(F)F)c1. The molecule has 0 spiro atoms. The molecule has 9 heteroatoms. The van der Waals surface area contributed by atoms with Crippen molar-refractivity contribution in [3.05, 3.63) is 63.3 Å². The van der Waals surface area contributed by atoms with Gasteiger partial charge in [-0.2, -0.15) is 13.2 Å². The third kappa shape index (κ3) is 3.20. The minimum Gasteiger partial charge on any atom is -0.871 e. The van der Waals surface area contributed by atoms with Crippen LogP contribution < -0.4 is 5.11 Å². The monoisotopic (exact) mass is 402 g/mol. The Bertz CT molecular complexity index is 1030. The summed E-state index contributed by atoms with van der Waals surface area (Å²) in [6, 6.07) is 7.13. The maximum atomic E-state index is 13.0. The maximum absolute atomic E-state index is 13.0. The highest BCUT2D eigenvalue weighted by atomic mass is 35.5. The zero-order valence-corrected chi connectivity index (χ0v) is 14.3. The van der Waals surface area contributed by atoms with Crippen LogP contribution in [0.5, 0.6) is 5.75 Å². The molecule has 0 aliphatic rings. The average Bonchev–Trinajstić information content (AvgIpc) is 2.91. The number of nitrogens with zero attached hydrogens (tertiary/aromatic N) is 1. The van der Waals surface area contributed by atoms with Gasteiger partial charge in [-0.15, -0.1) is 0 Å². The largest absolute Gasteiger partial charge is 0.871 e. The number of carboxylic acid groups (broad SMARTS) is 1. The van der Waals surface area contributed by atoms with E-state index in [1.807, 2.05) is 0 Å². The molecule has 0 radical (unpaired) electrons. The zero-order chi connectivity index (χ0) is 19.2. The van der Waals surface area contributed by atoms with Gasteiger partial charge in [-0.25, -0.2) is 4.79 Å². The van der Waals surface area contributed by atoms with E-state index in [2.05, 4.69) is 0 Å². The first-order chi connectivity index (χ1) is 12.1. The maximum Gasteiger partial charge on any atom is 0.417 e. The molecule has 0 aliphatic heterocycles. The van der Waals surface area contributed by atoms with E-state index in [9.17, 15) is 28.2 Å². The molecule has 0 aliphatic carbocycles. The number of hydrogen-bond acceptors (Lipinski definition) is 2. The molecular formula is C17H9Cl2F3NO3-. The number of carbonyl (C=O) groups is 1. The summed E-state index contributed by atoms with van der Waals surface area (Å²) in [5.74, 6) is -1.77. The molecule has 1 aromatic heterocycles. The molecule has 0 bridgehead atoms. The van der Waals surface area contributed by atoms with Gasteiger partial charge in [0, 0.05) is 17.0 Å². The van der Waals surface area contributed by atoms with E-state index in [0.717, 1.165) is 12.1 Å². The molecule has 0 saturated heterocycles. The second-order valence-electron chi connectivity index (χ2n) is 5.54. The van der Waals surface area contributed by atoms with Crippen LogP contribution in [0, 0.1) is 0 Å². The van der Waals surface area contributed by atoms with Gasteiger partial charge in [0.1, 0.15) is 5.69 Å². The highest BCUT2D eigenvalue weighted by Gasteiger charge is 2.33. The molecule has 0 saturated carbocycles. The Hall–Kier alpha value is -2.38. The van der Waals surface area contributed by atoms with E-state index in [0.29, 0.717) is 5.52 Å². The second kappa shape index (κ2) is 6.41. The Morgan fingerprint density at radius 3 is 2.46 bits per heavy atom. The number of alkyl halides is 3. The Kier molecular flexibility index (Phi) is 4.54. The molecule has 136 valence electrons.